The molecule has 0 aliphatic rings. The molecule has 2 aromatic heterocycles. The number of aliphatic carboxylic acids is 1. The number of carboxylic acids is 1. The zero-order chi connectivity index (χ0) is 11.7. The number of hydrogen-bond acceptors (Lipinski definition) is 4. The van der Waals surface area contributed by atoms with Crippen molar-refractivity contribution in [1.82, 2.24) is 14.4 Å². The highest BCUT2D eigenvalue weighted by Gasteiger charge is 2.20. The van der Waals surface area contributed by atoms with E-state index in [1.165, 1.54) is 6.20 Å². The normalized spacial score (nSPS) is 12.9. The Morgan fingerprint density at radius 1 is 1.69 bits per heavy atom. The first-order valence-corrected chi connectivity index (χ1v) is 4.93. The average molecular weight is 241 g/mol. The number of nitrogens with two attached hydrogens (primary N) is 1. The molecule has 6 nitrogen and oxygen atoms in total. The Balaban J connectivity index is 2.50. The maximum atomic E-state index is 10.9. The number of rotatable bonds is 3. The summed E-state index contributed by atoms with van der Waals surface area (Å²) in [5.41, 5.74) is 5.76. The second kappa shape index (κ2) is 4.07. The number of halogens is 1. The van der Waals surface area contributed by atoms with E-state index in [0.717, 1.165) is 0 Å². The quantitative estimate of drug-likeness (QED) is 0.815. The van der Waals surface area contributed by atoms with E-state index in [2.05, 4.69) is 9.97 Å². The molecule has 2 aromatic rings. The molecule has 1 unspecified atom stereocenters. The van der Waals surface area contributed by atoms with Crippen LogP contribution in [0.25, 0.3) is 5.78 Å². The summed E-state index contributed by atoms with van der Waals surface area (Å²) in [5.74, 6) is -1.46. The van der Waals surface area contributed by atoms with Crippen LogP contribution in [0.4, 0.5) is 0 Å². The molecule has 1 atom stereocenters. The van der Waals surface area contributed by atoms with Gasteiger partial charge in [0.25, 0.3) is 0 Å². The highest BCUT2D eigenvalue weighted by molar-refractivity contribution is 6.29. The number of imidazole rings is 1. The van der Waals surface area contributed by atoms with Gasteiger partial charge in [0.2, 0.25) is 5.78 Å². The molecule has 2 heterocycles. The van der Waals surface area contributed by atoms with Crippen molar-refractivity contribution >= 4 is 23.3 Å². The summed E-state index contributed by atoms with van der Waals surface area (Å²) in [6.07, 6.45) is 3.07. The molecule has 0 saturated heterocycles. The Kier molecular flexibility index (Phi) is 2.76. The number of carboxylic acid groups (broad SMARTS) is 1. The molecule has 0 amide bonds. The molecular weight excluding hydrogens is 232 g/mol. The van der Waals surface area contributed by atoms with E-state index in [0.29, 0.717) is 16.6 Å². The molecule has 7 heteroatoms. The number of fused-ring (bicyclic) bond motifs is 1. The van der Waals surface area contributed by atoms with Crippen LogP contribution in [0.1, 0.15) is 11.6 Å². The van der Waals surface area contributed by atoms with Gasteiger partial charge in [0.15, 0.2) is 0 Å². The molecule has 2 rings (SSSR count). The van der Waals surface area contributed by atoms with Gasteiger partial charge in [-0.2, -0.15) is 0 Å². The summed E-state index contributed by atoms with van der Waals surface area (Å²) < 4.78 is 1.56. The number of carbonyl (C=O) groups is 1. The first-order chi connectivity index (χ1) is 7.63. The summed E-state index contributed by atoms with van der Waals surface area (Å²) in [5, 5.41) is 9.36. The minimum Gasteiger partial charge on any atom is -0.481 e. The minimum atomic E-state index is -1.00. The zero-order valence-electron chi connectivity index (χ0n) is 8.17. The van der Waals surface area contributed by atoms with E-state index >= 15 is 0 Å². The molecule has 0 saturated carbocycles. The van der Waals surface area contributed by atoms with E-state index < -0.39 is 11.9 Å². The lowest BCUT2D eigenvalue weighted by Crippen LogP contribution is -2.22. The molecule has 0 radical (unpaired) electrons. The highest BCUT2D eigenvalue weighted by atomic mass is 35.5. The van der Waals surface area contributed by atoms with Crippen LogP contribution in [0, 0.1) is 0 Å². The molecule has 0 bridgehead atoms. The van der Waals surface area contributed by atoms with Crippen molar-refractivity contribution in [2.75, 3.05) is 6.54 Å². The van der Waals surface area contributed by atoms with Crippen molar-refractivity contribution in [2.45, 2.75) is 5.92 Å². The lowest BCUT2D eigenvalue weighted by Gasteiger charge is -2.08. The molecule has 0 aliphatic heterocycles. The van der Waals surface area contributed by atoms with Gasteiger partial charge >= 0.3 is 5.97 Å². The first kappa shape index (κ1) is 10.8. The van der Waals surface area contributed by atoms with Crippen molar-refractivity contribution in [1.29, 1.82) is 0 Å². The Morgan fingerprint density at radius 2 is 2.44 bits per heavy atom. The molecule has 0 spiro atoms. The van der Waals surface area contributed by atoms with Crippen LogP contribution in [-0.2, 0) is 4.79 Å². The molecule has 0 aliphatic carbocycles. The van der Waals surface area contributed by atoms with Crippen LogP contribution in [0.5, 0.6) is 0 Å². The third-order valence-corrected chi connectivity index (χ3v) is 2.53. The minimum absolute atomic E-state index is 0.00700. The lowest BCUT2D eigenvalue weighted by atomic mass is 10.1. The van der Waals surface area contributed by atoms with Crippen LogP contribution >= 0.6 is 11.6 Å². The van der Waals surface area contributed by atoms with Crippen LogP contribution in [0.15, 0.2) is 18.5 Å². The third kappa shape index (κ3) is 1.72. The molecule has 84 valence electrons. The SMILES string of the molecule is NCC(C(=O)O)c1ccn2c(Cl)cnc2n1. The Labute approximate surface area is 95.7 Å². The van der Waals surface area contributed by atoms with Gasteiger partial charge in [0.05, 0.1) is 11.9 Å². The highest BCUT2D eigenvalue weighted by Crippen LogP contribution is 2.16. The van der Waals surface area contributed by atoms with Crippen LogP contribution in [-0.4, -0.2) is 32.0 Å². The monoisotopic (exact) mass is 240 g/mol. The Hall–Kier alpha value is -1.66. The maximum absolute atomic E-state index is 10.9. The van der Waals surface area contributed by atoms with Crippen LogP contribution < -0.4 is 5.73 Å². The summed E-state index contributed by atoms with van der Waals surface area (Å²) >= 11 is 5.82. The van der Waals surface area contributed by atoms with Crippen LogP contribution in [0.3, 0.4) is 0 Å². The van der Waals surface area contributed by atoms with E-state index in [1.54, 1.807) is 16.7 Å². The topological polar surface area (TPSA) is 93.5 Å². The van der Waals surface area contributed by atoms with Crippen molar-refractivity contribution in [3.63, 3.8) is 0 Å². The molecule has 16 heavy (non-hydrogen) atoms. The number of nitrogens with zero attached hydrogens (tertiary/aromatic N) is 3. The van der Waals surface area contributed by atoms with Crippen LogP contribution in [0.2, 0.25) is 5.15 Å². The number of hydrogen-bond donors (Lipinski definition) is 2. The predicted molar refractivity (Wildman–Crippen MR) is 57.4 cm³/mol. The number of aromatic nitrogens is 3. The second-order valence-corrected chi connectivity index (χ2v) is 3.62. The molecule has 0 fully saturated rings. The predicted octanol–water partition coefficient (Wildman–Crippen LogP) is 0.510. The van der Waals surface area contributed by atoms with Crippen molar-refractivity contribution in [2.24, 2.45) is 5.73 Å². The van der Waals surface area contributed by atoms with Gasteiger partial charge in [-0.15, -0.1) is 0 Å². The maximum Gasteiger partial charge on any atom is 0.313 e. The molecule has 3 N–H and O–H groups in total. The summed E-state index contributed by atoms with van der Waals surface area (Å²) in [6.45, 7) is -0.00700. The van der Waals surface area contributed by atoms with E-state index in [-0.39, 0.29) is 6.54 Å². The standard InChI is InChI=1S/C9H9ClN4O2/c10-7-4-12-9-13-6(1-2-14(7)9)5(3-11)8(15)16/h1-2,4-5H,3,11H2,(H,15,16). The first-order valence-electron chi connectivity index (χ1n) is 4.56. The fourth-order valence-electron chi connectivity index (χ4n) is 1.40. The summed E-state index contributed by atoms with van der Waals surface area (Å²) in [7, 11) is 0. The molecule has 0 aromatic carbocycles. The van der Waals surface area contributed by atoms with Crippen molar-refractivity contribution in [3.8, 4) is 0 Å². The fraction of sp³-hybridized carbons (Fsp3) is 0.222. The smallest absolute Gasteiger partial charge is 0.313 e. The van der Waals surface area contributed by atoms with Gasteiger partial charge in [0.1, 0.15) is 11.1 Å². The summed E-state index contributed by atoms with van der Waals surface area (Å²) in [6, 6.07) is 1.58. The zero-order valence-corrected chi connectivity index (χ0v) is 8.92. The summed E-state index contributed by atoms with van der Waals surface area (Å²) in [4.78, 5) is 18.9. The Bertz CT molecular complexity index is 539. The molecular formula is C9H9ClN4O2. The van der Waals surface area contributed by atoms with E-state index in [1.807, 2.05) is 0 Å². The van der Waals surface area contributed by atoms with Gasteiger partial charge < -0.3 is 10.8 Å². The second-order valence-electron chi connectivity index (χ2n) is 3.23. The van der Waals surface area contributed by atoms with Crippen molar-refractivity contribution < 1.29 is 9.90 Å². The Morgan fingerprint density at radius 3 is 3.06 bits per heavy atom. The average Bonchev–Trinajstić information content (AvgIpc) is 2.61. The van der Waals surface area contributed by atoms with Crippen molar-refractivity contribution in [3.05, 3.63) is 29.3 Å². The van der Waals surface area contributed by atoms with E-state index in [9.17, 15) is 4.79 Å². The van der Waals surface area contributed by atoms with Gasteiger partial charge in [-0.05, 0) is 6.07 Å². The third-order valence-electron chi connectivity index (χ3n) is 2.25. The van der Waals surface area contributed by atoms with Gasteiger partial charge in [0, 0.05) is 12.7 Å². The fourth-order valence-corrected chi connectivity index (χ4v) is 1.58. The lowest BCUT2D eigenvalue weighted by molar-refractivity contribution is -0.138. The largest absolute Gasteiger partial charge is 0.481 e. The van der Waals surface area contributed by atoms with Gasteiger partial charge in [-0.3, -0.25) is 9.20 Å². The van der Waals surface area contributed by atoms with E-state index in [4.69, 9.17) is 22.4 Å². The van der Waals surface area contributed by atoms with Gasteiger partial charge in [-0.25, -0.2) is 9.97 Å². The van der Waals surface area contributed by atoms with Gasteiger partial charge in [-0.1, -0.05) is 11.6 Å².